The van der Waals surface area contributed by atoms with E-state index in [0.717, 1.165) is 17.5 Å². The topological polar surface area (TPSA) is 56.8 Å². The third-order valence-electron chi connectivity index (χ3n) is 3.90. The van der Waals surface area contributed by atoms with Crippen molar-refractivity contribution in [1.29, 1.82) is 0 Å². The van der Waals surface area contributed by atoms with Crippen LogP contribution < -0.4 is 19.5 Å². The predicted octanol–water partition coefficient (Wildman–Crippen LogP) is 3.49. The van der Waals surface area contributed by atoms with Crippen molar-refractivity contribution < 1.29 is 19.0 Å². The van der Waals surface area contributed by atoms with E-state index < -0.39 is 0 Å². The second-order valence-corrected chi connectivity index (χ2v) is 6.18. The fraction of sp³-hybridized carbons (Fsp3) is 0.250. The minimum atomic E-state index is -0.159. The van der Waals surface area contributed by atoms with Crippen LogP contribution in [0.4, 0.5) is 0 Å². The number of hydrogen-bond donors (Lipinski definition) is 1. The van der Waals surface area contributed by atoms with E-state index in [4.69, 9.17) is 25.8 Å². The number of fused-ring (bicyclic) bond motifs is 1. The Bertz CT molecular complexity index is 785. The smallest absolute Gasteiger partial charge is 0.244 e. The maximum atomic E-state index is 12.0. The molecule has 0 unspecified atom stereocenters. The standard InChI is InChI=1S/C20H20ClNO4/c1-24-17-12-15(13-18-20(17)26-11-10-25-18)4-7-19(23)22-9-8-14-2-5-16(21)6-3-14/h2-7,12-13H,8-11H2,1H3,(H,22,23)/b7-4+. The van der Waals surface area contributed by atoms with Gasteiger partial charge in [-0.05, 0) is 47.9 Å². The van der Waals surface area contributed by atoms with E-state index in [1.165, 1.54) is 6.08 Å². The van der Waals surface area contributed by atoms with E-state index in [0.29, 0.717) is 42.0 Å². The number of amides is 1. The van der Waals surface area contributed by atoms with E-state index in [2.05, 4.69) is 5.32 Å². The lowest BCUT2D eigenvalue weighted by molar-refractivity contribution is -0.116. The molecule has 0 saturated carbocycles. The van der Waals surface area contributed by atoms with Crippen LogP contribution in [0, 0.1) is 0 Å². The van der Waals surface area contributed by atoms with Gasteiger partial charge < -0.3 is 19.5 Å². The number of rotatable bonds is 6. The lowest BCUT2D eigenvalue weighted by Gasteiger charge is -2.20. The summed E-state index contributed by atoms with van der Waals surface area (Å²) in [6.45, 7) is 1.54. The van der Waals surface area contributed by atoms with Crippen LogP contribution in [0.1, 0.15) is 11.1 Å². The van der Waals surface area contributed by atoms with Crippen molar-refractivity contribution in [3.63, 3.8) is 0 Å². The zero-order valence-corrected chi connectivity index (χ0v) is 15.2. The number of ether oxygens (including phenoxy) is 3. The van der Waals surface area contributed by atoms with Gasteiger partial charge in [0.25, 0.3) is 0 Å². The van der Waals surface area contributed by atoms with E-state index in [1.54, 1.807) is 13.2 Å². The van der Waals surface area contributed by atoms with Crippen molar-refractivity contribution in [2.24, 2.45) is 0 Å². The summed E-state index contributed by atoms with van der Waals surface area (Å²) in [7, 11) is 1.57. The van der Waals surface area contributed by atoms with E-state index in [1.807, 2.05) is 36.4 Å². The largest absolute Gasteiger partial charge is 0.493 e. The zero-order chi connectivity index (χ0) is 18.4. The summed E-state index contributed by atoms with van der Waals surface area (Å²) in [5.41, 5.74) is 1.93. The average Bonchev–Trinajstić information content (AvgIpc) is 2.67. The van der Waals surface area contributed by atoms with Gasteiger partial charge >= 0.3 is 0 Å². The molecule has 0 radical (unpaired) electrons. The minimum absolute atomic E-state index is 0.159. The van der Waals surface area contributed by atoms with Gasteiger partial charge in [-0.15, -0.1) is 0 Å². The molecule has 1 N–H and O–H groups in total. The van der Waals surface area contributed by atoms with Gasteiger partial charge in [-0.3, -0.25) is 4.79 Å². The van der Waals surface area contributed by atoms with Crippen LogP contribution in [0.15, 0.2) is 42.5 Å². The third-order valence-corrected chi connectivity index (χ3v) is 4.16. The molecule has 6 heteroatoms. The maximum absolute atomic E-state index is 12.0. The molecular weight excluding hydrogens is 354 g/mol. The van der Waals surface area contributed by atoms with Crippen LogP contribution >= 0.6 is 11.6 Å². The third kappa shape index (κ3) is 4.70. The molecular formula is C20H20ClNO4. The molecule has 2 aromatic rings. The van der Waals surface area contributed by atoms with Crippen LogP contribution in [0.2, 0.25) is 5.02 Å². The number of carbonyl (C=O) groups excluding carboxylic acids is 1. The molecule has 0 saturated heterocycles. The Balaban J connectivity index is 1.57. The molecule has 136 valence electrons. The van der Waals surface area contributed by atoms with Gasteiger partial charge in [-0.2, -0.15) is 0 Å². The van der Waals surface area contributed by atoms with E-state index in [-0.39, 0.29) is 5.91 Å². The van der Waals surface area contributed by atoms with Gasteiger partial charge in [0, 0.05) is 17.6 Å². The molecule has 2 aromatic carbocycles. The molecule has 3 rings (SSSR count). The van der Waals surface area contributed by atoms with Gasteiger partial charge in [0.05, 0.1) is 7.11 Å². The molecule has 1 heterocycles. The first-order chi connectivity index (χ1) is 12.7. The summed E-state index contributed by atoms with van der Waals surface area (Å²) in [6, 6.07) is 11.2. The van der Waals surface area contributed by atoms with E-state index in [9.17, 15) is 4.79 Å². The summed E-state index contributed by atoms with van der Waals surface area (Å²) in [4.78, 5) is 12.0. The lowest BCUT2D eigenvalue weighted by Crippen LogP contribution is -2.23. The molecule has 1 aliphatic rings. The monoisotopic (exact) mass is 373 g/mol. The lowest BCUT2D eigenvalue weighted by atomic mass is 10.1. The molecule has 0 atom stereocenters. The molecule has 0 aromatic heterocycles. The van der Waals surface area contributed by atoms with Gasteiger partial charge in [0.15, 0.2) is 11.5 Å². The highest BCUT2D eigenvalue weighted by molar-refractivity contribution is 6.30. The minimum Gasteiger partial charge on any atom is -0.493 e. The van der Waals surface area contributed by atoms with Crippen molar-refractivity contribution in [3.8, 4) is 17.2 Å². The first-order valence-corrected chi connectivity index (χ1v) is 8.71. The summed E-state index contributed by atoms with van der Waals surface area (Å²) in [6.07, 6.45) is 3.96. The molecule has 0 fully saturated rings. The number of hydrogen-bond acceptors (Lipinski definition) is 4. The van der Waals surface area contributed by atoms with Crippen LogP contribution in [-0.4, -0.2) is 32.8 Å². The van der Waals surface area contributed by atoms with E-state index >= 15 is 0 Å². The Morgan fingerprint density at radius 3 is 2.77 bits per heavy atom. The van der Waals surface area contributed by atoms with Crippen molar-refractivity contribution >= 4 is 23.6 Å². The number of halogens is 1. The van der Waals surface area contributed by atoms with Crippen LogP contribution in [0.5, 0.6) is 17.2 Å². The average molecular weight is 374 g/mol. The van der Waals surface area contributed by atoms with Crippen molar-refractivity contribution in [1.82, 2.24) is 5.32 Å². The normalized spacial score (nSPS) is 12.8. The summed E-state index contributed by atoms with van der Waals surface area (Å²) in [5, 5.41) is 3.57. The Hall–Kier alpha value is -2.66. The molecule has 0 aliphatic carbocycles. The highest BCUT2D eigenvalue weighted by Crippen LogP contribution is 2.40. The Kier molecular flexibility index (Phi) is 6.02. The van der Waals surface area contributed by atoms with Gasteiger partial charge in [0.1, 0.15) is 13.2 Å². The molecule has 5 nitrogen and oxygen atoms in total. The zero-order valence-electron chi connectivity index (χ0n) is 14.5. The first kappa shape index (κ1) is 18.1. The Labute approximate surface area is 157 Å². The van der Waals surface area contributed by atoms with Gasteiger partial charge in [-0.25, -0.2) is 0 Å². The maximum Gasteiger partial charge on any atom is 0.244 e. The van der Waals surface area contributed by atoms with Crippen molar-refractivity contribution in [2.75, 3.05) is 26.9 Å². The number of nitrogens with one attached hydrogen (secondary N) is 1. The highest BCUT2D eigenvalue weighted by atomic mass is 35.5. The highest BCUT2D eigenvalue weighted by Gasteiger charge is 2.17. The molecule has 0 bridgehead atoms. The second-order valence-electron chi connectivity index (χ2n) is 5.75. The molecule has 26 heavy (non-hydrogen) atoms. The summed E-state index contributed by atoms with van der Waals surface area (Å²) >= 11 is 5.86. The Morgan fingerprint density at radius 2 is 2.00 bits per heavy atom. The molecule has 0 spiro atoms. The fourth-order valence-corrected chi connectivity index (χ4v) is 2.73. The molecule has 1 aliphatic heterocycles. The summed E-state index contributed by atoms with van der Waals surface area (Å²) < 4.78 is 16.5. The number of methoxy groups -OCH3 is 1. The van der Waals surface area contributed by atoms with Crippen LogP contribution in [0.25, 0.3) is 6.08 Å². The fourth-order valence-electron chi connectivity index (χ4n) is 2.60. The quantitative estimate of drug-likeness (QED) is 0.787. The summed E-state index contributed by atoms with van der Waals surface area (Å²) in [5.74, 6) is 1.65. The second kappa shape index (κ2) is 8.63. The van der Waals surface area contributed by atoms with Crippen LogP contribution in [0.3, 0.4) is 0 Å². The molecule has 1 amide bonds. The first-order valence-electron chi connectivity index (χ1n) is 8.33. The van der Waals surface area contributed by atoms with Gasteiger partial charge in [0.2, 0.25) is 11.7 Å². The Morgan fingerprint density at radius 1 is 1.23 bits per heavy atom. The number of benzene rings is 2. The van der Waals surface area contributed by atoms with Crippen molar-refractivity contribution in [2.45, 2.75) is 6.42 Å². The predicted molar refractivity (Wildman–Crippen MR) is 101 cm³/mol. The van der Waals surface area contributed by atoms with Gasteiger partial charge in [-0.1, -0.05) is 23.7 Å². The SMILES string of the molecule is COc1cc(/C=C/C(=O)NCCc2ccc(Cl)cc2)cc2c1OCCO2. The van der Waals surface area contributed by atoms with Crippen molar-refractivity contribution in [3.05, 3.63) is 58.6 Å². The number of carbonyl (C=O) groups is 1. The van der Waals surface area contributed by atoms with Crippen LogP contribution in [-0.2, 0) is 11.2 Å².